The normalized spacial score (nSPS) is 17.9. The van der Waals surface area contributed by atoms with E-state index < -0.39 is 24.0 Å². The average Bonchev–Trinajstić information content (AvgIpc) is 3.64. The van der Waals surface area contributed by atoms with Crippen molar-refractivity contribution < 1.29 is 19.2 Å². The Balaban J connectivity index is 1.32. The first-order valence-electron chi connectivity index (χ1n) is 17.5. The molecule has 10 heteroatoms. The average molecular weight is 655 g/mol. The first-order chi connectivity index (χ1) is 23.4. The van der Waals surface area contributed by atoms with Crippen molar-refractivity contribution in [1.82, 2.24) is 26.6 Å². The standard InChI is InChI=1S/C38H50N6O4/c1-2-34(45)41-32(22-25-18-19-26-11-3-6-14-28(26)21-25)37(47)44-35(27-12-4-5-13-27)38(48)42-31(17-9-10-20-39)36(46)43-33-24-40-23-29-15-7-8-16-30(29)33/h3,6-8,11,14-16,18-19,21,27,31-33,35,40H,2,4-5,9-10,12-13,17,20,22-24,39H2,1H3,(H,41,45)(H,42,48)(H,43,46)(H,44,47)/t31-,32-,33-,35-/m0/s1. The van der Waals surface area contributed by atoms with Gasteiger partial charge in [0.1, 0.15) is 18.1 Å². The number of nitrogens with one attached hydrogen (secondary N) is 5. The molecule has 4 atom stereocenters. The van der Waals surface area contributed by atoms with Crippen LogP contribution in [0.3, 0.4) is 0 Å². The maximum Gasteiger partial charge on any atom is 0.243 e. The quantitative estimate of drug-likeness (QED) is 0.138. The number of fused-ring (bicyclic) bond motifs is 2. The van der Waals surface area contributed by atoms with Gasteiger partial charge in [-0.15, -0.1) is 0 Å². The van der Waals surface area contributed by atoms with Crippen molar-refractivity contribution >= 4 is 34.4 Å². The number of carbonyl (C=O) groups is 4. The van der Waals surface area contributed by atoms with Crippen LogP contribution in [0.5, 0.6) is 0 Å². The zero-order valence-electron chi connectivity index (χ0n) is 27.9. The lowest BCUT2D eigenvalue weighted by atomic mass is 9.94. The van der Waals surface area contributed by atoms with E-state index in [2.05, 4.69) is 26.6 Å². The molecular formula is C38H50N6O4. The largest absolute Gasteiger partial charge is 0.346 e. The highest BCUT2D eigenvalue weighted by Crippen LogP contribution is 2.28. The second-order valence-electron chi connectivity index (χ2n) is 13.1. The Kier molecular flexibility index (Phi) is 12.6. The van der Waals surface area contributed by atoms with E-state index in [9.17, 15) is 19.2 Å². The molecule has 7 N–H and O–H groups in total. The van der Waals surface area contributed by atoms with Gasteiger partial charge >= 0.3 is 0 Å². The van der Waals surface area contributed by atoms with Crippen LogP contribution in [0.2, 0.25) is 0 Å². The van der Waals surface area contributed by atoms with Crippen LogP contribution in [0.4, 0.5) is 0 Å². The zero-order valence-corrected chi connectivity index (χ0v) is 27.9. The first-order valence-corrected chi connectivity index (χ1v) is 17.5. The van der Waals surface area contributed by atoms with E-state index in [1.54, 1.807) is 6.92 Å². The van der Waals surface area contributed by atoms with Gasteiger partial charge in [-0.1, -0.05) is 86.5 Å². The number of amides is 4. The van der Waals surface area contributed by atoms with Crippen molar-refractivity contribution in [3.05, 3.63) is 83.4 Å². The van der Waals surface area contributed by atoms with Gasteiger partial charge in [-0.2, -0.15) is 0 Å². The predicted octanol–water partition coefficient (Wildman–Crippen LogP) is 3.53. The van der Waals surface area contributed by atoms with Crippen molar-refractivity contribution in [2.75, 3.05) is 13.1 Å². The number of benzene rings is 3. The summed E-state index contributed by atoms with van der Waals surface area (Å²) in [5.74, 6) is -1.36. The molecule has 0 bridgehead atoms. The van der Waals surface area contributed by atoms with Crippen molar-refractivity contribution in [3.8, 4) is 0 Å². The molecule has 1 aliphatic heterocycles. The third-order valence-corrected chi connectivity index (χ3v) is 9.67. The van der Waals surface area contributed by atoms with E-state index in [-0.39, 0.29) is 42.5 Å². The van der Waals surface area contributed by atoms with Crippen LogP contribution in [0, 0.1) is 5.92 Å². The molecule has 0 saturated heterocycles. The van der Waals surface area contributed by atoms with Crippen molar-refractivity contribution in [2.24, 2.45) is 11.7 Å². The lowest BCUT2D eigenvalue weighted by Gasteiger charge is -2.31. The van der Waals surface area contributed by atoms with Gasteiger partial charge in [-0.05, 0) is 72.0 Å². The topological polar surface area (TPSA) is 154 Å². The highest BCUT2D eigenvalue weighted by molar-refractivity contribution is 5.95. The Hall–Kier alpha value is -4.28. The summed E-state index contributed by atoms with van der Waals surface area (Å²) in [5, 5.41) is 17.6. The first kappa shape index (κ1) is 35.0. The molecule has 0 aromatic heterocycles. The monoisotopic (exact) mass is 654 g/mol. The summed E-state index contributed by atoms with van der Waals surface area (Å²) in [7, 11) is 0. The van der Waals surface area contributed by atoms with E-state index in [1.165, 1.54) is 0 Å². The van der Waals surface area contributed by atoms with E-state index in [4.69, 9.17) is 5.73 Å². The van der Waals surface area contributed by atoms with E-state index in [0.717, 1.165) is 66.1 Å². The fourth-order valence-corrected chi connectivity index (χ4v) is 6.97. The number of hydrogen-bond donors (Lipinski definition) is 6. The van der Waals surface area contributed by atoms with Crippen LogP contribution in [-0.2, 0) is 32.1 Å². The Labute approximate surface area is 283 Å². The minimum atomic E-state index is -0.863. The molecule has 0 spiro atoms. The highest BCUT2D eigenvalue weighted by atomic mass is 16.2. The summed E-state index contributed by atoms with van der Waals surface area (Å²) in [5.41, 5.74) is 8.87. The Bertz CT molecular complexity index is 1570. The summed E-state index contributed by atoms with van der Waals surface area (Å²) < 4.78 is 0. The number of unbranched alkanes of at least 4 members (excludes halogenated alkanes) is 1. The fraction of sp³-hybridized carbons (Fsp3) is 0.474. The maximum absolute atomic E-state index is 14.1. The van der Waals surface area contributed by atoms with Gasteiger partial charge in [-0.3, -0.25) is 19.2 Å². The van der Waals surface area contributed by atoms with Gasteiger partial charge in [0.15, 0.2) is 0 Å². The predicted molar refractivity (Wildman–Crippen MR) is 188 cm³/mol. The molecule has 0 unspecified atom stereocenters. The van der Waals surface area contributed by atoms with E-state index in [0.29, 0.717) is 25.9 Å². The Morgan fingerprint density at radius 1 is 0.833 bits per heavy atom. The Morgan fingerprint density at radius 2 is 1.58 bits per heavy atom. The lowest BCUT2D eigenvalue weighted by Crippen LogP contribution is -2.59. The van der Waals surface area contributed by atoms with Gasteiger partial charge in [0.2, 0.25) is 23.6 Å². The summed E-state index contributed by atoms with van der Waals surface area (Å²) >= 11 is 0. The van der Waals surface area contributed by atoms with Crippen LogP contribution in [0.1, 0.15) is 81.0 Å². The number of hydrogen-bond acceptors (Lipinski definition) is 6. The Morgan fingerprint density at radius 3 is 2.35 bits per heavy atom. The zero-order chi connectivity index (χ0) is 33.9. The molecule has 10 nitrogen and oxygen atoms in total. The molecule has 48 heavy (non-hydrogen) atoms. The van der Waals surface area contributed by atoms with Crippen molar-refractivity contribution in [1.29, 1.82) is 0 Å². The third-order valence-electron chi connectivity index (χ3n) is 9.67. The molecule has 0 radical (unpaired) electrons. The van der Waals surface area contributed by atoms with Gasteiger partial charge in [-0.25, -0.2) is 0 Å². The molecule has 1 aliphatic carbocycles. The second kappa shape index (κ2) is 17.2. The van der Waals surface area contributed by atoms with Crippen LogP contribution >= 0.6 is 0 Å². The molecule has 2 aliphatic rings. The second-order valence-corrected chi connectivity index (χ2v) is 13.1. The molecule has 1 saturated carbocycles. The number of carbonyl (C=O) groups excluding carboxylic acids is 4. The van der Waals surface area contributed by atoms with Crippen LogP contribution in [-0.4, -0.2) is 54.8 Å². The molecular weight excluding hydrogens is 604 g/mol. The van der Waals surface area contributed by atoms with E-state index in [1.807, 2.05) is 66.7 Å². The SMILES string of the molecule is CCC(=O)N[C@@H](Cc1ccc2ccccc2c1)C(=O)N[C@H](C(=O)N[C@@H](CCCCN)C(=O)N[C@H]1CNCc2ccccc21)C1CCCC1. The summed E-state index contributed by atoms with van der Waals surface area (Å²) in [6.07, 6.45) is 5.86. The van der Waals surface area contributed by atoms with Gasteiger partial charge < -0.3 is 32.3 Å². The smallest absolute Gasteiger partial charge is 0.243 e. The van der Waals surface area contributed by atoms with Gasteiger partial charge in [0, 0.05) is 25.9 Å². The van der Waals surface area contributed by atoms with Gasteiger partial charge in [0.05, 0.1) is 6.04 Å². The molecule has 5 rings (SSSR count). The number of nitrogens with two attached hydrogens (primary N) is 1. The maximum atomic E-state index is 14.1. The molecule has 3 aromatic carbocycles. The minimum absolute atomic E-state index is 0.0701. The highest BCUT2D eigenvalue weighted by Gasteiger charge is 2.36. The molecule has 1 heterocycles. The summed E-state index contributed by atoms with van der Waals surface area (Å²) in [6, 6.07) is 19.3. The van der Waals surface area contributed by atoms with Crippen LogP contribution < -0.4 is 32.3 Å². The van der Waals surface area contributed by atoms with Crippen LogP contribution in [0.15, 0.2) is 66.7 Å². The number of rotatable bonds is 15. The summed E-state index contributed by atoms with van der Waals surface area (Å²) in [4.78, 5) is 54.3. The molecule has 256 valence electrons. The fourth-order valence-electron chi connectivity index (χ4n) is 6.97. The van der Waals surface area contributed by atoms with Crippen LogP contribution in [0.25, 0.3) is 10.8 Å². The molecule has 4 amide bonds. The van der Waals surface area contributed by atoms with Crippen molar-refractivity contribution in [2.45, 2.75) is 95.4 Å². The molecule has 3 aromatic rings. The third kappa shape index (κ3) is 9.20. The van der Waals surface area contributed by atoms with Gasteiger partial charge in [0.25, 0.3) is 0 Å². The lowest BCUT2D eigenvalue weighted by molar-refractivity contribution is -0.135. The van der Waals surface area contributed by atoms with Crippen molar-refractivity contribution in [3.63, 3.8) is 0 Å². The summed E-state index contributed by atoms with van der Waals surface area (Å²) in [6.45, 7) is 3.57. The molecule has 1 fully saturated rings. The van der Waals surface area contributed by atoms with E-state index >= 15 is 0 Å². The minimum Gasteiger partial charge on any atom is -0.346 e.